The highest BCUT2D eigenvalue weighted by molar-refractivity contribution is 7.89. The zero-order valence-corrected chi connectivity index (χ0v) is 17.1. The number of benzene rings is 1. The number of nitrogens with zero attached hydrogens (tertiary/aromatic N) is 2. The number of piperazine rings is 1. The molecule has 8 nitrogen and oxygen atoms in total. The van der Waals surface area contributed by atoms with E-state index in [4.69, 9.17) is 0 Å². The largest absolute Gasteiger partial charge is 0.336 e. The topological polar surface area (TPSA) is 98.8 Å². The van der Waals surface area contributed by atoms with Gasteiger partial charge in [-0.1, -0.05) is 17.7 Å². The Morgan fingerprint density at radius 3 is 2.30 bits per heavy atom. The molecule has 0 atom stereocenters. The summed E-state index contributed by atoms with van der Waals surface area (Å²) >= 11 is 0. The van der Waals surface area contributed by atoms with Crippen molar-refractivity contribution < 1.29 is 18.0 Å². The van der Waals surface area contributed by atoms with Crippen LogP contribution in [0.25, 0.3) is 0 Å². The van der Waals surface area contributed by atoms with Crippen molar-refractivity contribution in [2.24, 2.45) is 0 Å². The second-order valence-corrected chi connectivity index (χ2v) is 9.03. The zero-order valence-electron chi connectivity index (χ0n) is 16.3. The Kier molecular flexibility index (Phi) is 6.96. The lowest BCUT2D eigenvalue weighted by Gasteiger charge is -2.33. The van der Waals surface area contributed by atoms with Crippen molar-refractivity contribution in [2.45, 2.75) is 38.6 Å². The van der Waals surface area contributed by atoms with Crippen molar-refractivity contribution >= 4 is 22.0 Å². The van der Waals surface area contributed by atoms with Crippen LogP contribution in [0.4, 0.5) is 4.79 Å². The van der Waals surface area contributed by atoms with Crippen LogP contribution in [-0.2, 0) is 14.8 Å². The summed E-state index contributed by atoms with van der Waals surface area (Å²) < 4.78 is 27.2. The van der Waals surface area contributed by atoms with Crippen LogP contribution in [0, 0.1) is 13.8 Å². The first kappa shape index (κ1) is 21.3. The smallest absolute Gasteiger partial charge is 0.321 e. The first-order valence-corrected chi connectivity index (χ1v) is 10.4. The summed E-state index contributed by atoms with van der Waals surface area (Å²) in [6, 6.07) is 4.72. The summed E-state index contributed by atoms with van der Waals surface area (Å²) in [6.07, 6.45) is 0. The van der Waals surface area contributed by atoms with E-state index in [1.54, 1.807) is 32.9 Å². The maximum Gasteiger partial charge on any atom is 0.321 e. The lowest BCUT2D eigenvalue weighted by atomic mass is 10.2. The van der Waals surface area contributed by atoms with E-state index < -0.39 is 22.0 Å². The molecule has 1 aliphatic heterocycles. The van der Waals surface area contributed by atoms with Crippen LogP contribution in [0.5, 0.6) is 0 Å². The van der Waals surface area contributed by atoms with E-state index in [9.17, 15) is 18.0 Å². The standard InChI is InChI=1S/C18H28N4O4S/c1-13(2)19-18(24)20-17(23)12-21-7-9-22(10-8-21)27(25,26)16-6-5-14(3)11-15(16)4/h5-6,11,13H,7-10,12H2,1-4H3,(H2,19,20,23,24). The molecule has 27 heavy (non-hydrogen) atoms. The molecule has 1 saturated heterocycles. The molecule has 1 heterocycles. The normalized spacial score (nSPS) is 16.3. The maximum absolute atomic E-state index is 12.9. The average Bonchev–Trinajstić information content (AvgIpc) is 2.53. The highest BCUT2D eigenvalue weighted by atomic mass is 32.2. The van der Waals surface area contributed by atoms with Gasteiger partial charge in [0.2, 0.25) is 15.9 Å². The third-order valence-electron chi connectivity index (χ3n) is 4.32. The molecular weight excluding hydrogens is 368 g/mol. The number of aryl methyl sites for hydroxylation is 2. The van der Waals surface area contributed by atoms with Gasteiger partial charge in [0, 0.05) is 32.2 Å². The Balaban J connectivity index is 1.91. The Bertz CT molecular complexity index is 800. The van der Waals surface area contributed by atoms with Crippen molar-refractivity contribution in [2.75, 3.05) is 32.7 Å². The van der Waals surface area contributed by atoms with E-state index in [1.165, 1.54) is 4.31 Å². The van der Waals surface area contributed by atoms with Crippen LogP contribution in [0.2, 0.25) is 0 Å². The minimum atomic E-state index is -3.55. The van der Waals surface area contributed by atoms with E-state index in [0.717, 1.165) is 11.1 Å². The molecule has 2 N–H and O–H groups in total. The molecule has 0 unspecified atom stereocenters. The molecule has 0 bridgehead atoms. The average molecular weight is 397 g/mol. The fourth-order valence-corrected chi connectivity index (χ4v) is 4.65. The van der Waals surface area contributed by atoms with Gasteiger partial charge in [-0.2, -0.15) is 4.31 Å². The van der Waals surface area contributed by atoms with E-state index in [2.05, 4.69) is 10.6 Å². The number of imide groups is 1. The summed E-state index contributed by atoms with van der Waals surface area (Å²) in [7, 11) is -3.55. The number of nitrogens with one attached hydrogen (secondary N) is 2. The van der Waals surface area contributed by atoms with Crippen LogP contribution in [0.3, 0.4) is 0 Å². The Morgan fingerprint density at radius 1 is 1.11 bits per heavy atom. The fourth-order valence-electron chi connectivity index (χ4n) is 3.02. The van der Waals surface area contributed by atoms with Gasteiger partial charge in [-0.15, -0.1) is 0 Å². The molecule has 0 aliphatic carbocycles. The molecule has 0 aromatic heterocycles. The van der Waals surface area contributed by atoms with Crippen LogP contribution < -0.4 is 10.6 Å². The molecule has 0 saturated carbocycles. The number of hydrogen-bond acceptors (Lipinski definition) is 5. The fraction of sp³-hybridized carbons (Fsp3) is 0.556. The molecule has 1 aromatic carbocycles. The first-order chi connectivity index (χ1) is 12.6. The van der Waals surface area contributed by atoms with Gasteiger partial charge in [-0.3, -0.25) is 15.0 Å². The Hall–Kier alpha value is -1.97. The minimum absolute atomic E-state index is 0.0585. The van der Waals surface area contributed by atoms with Crippen molar-refractivity contribution in [1.29, 1.82) is 0 Å². The molecule has 3 amide bonds. The number of rotatable bonds is 5. The number of sulfonamides is 1. The van der Waals surface area contributed by atoms with Gasteiger partial charge in [0.15, 0.2) is 0 Å². The monoisotopic (exact) mass is 396 g/mol. The summed E-state index contributed by atoms with van der Waals surface area (Å²) in [6.45, 7) is 8.87. The van der Waals surface area contributed by atoms with Crippen LogP contribution >= 0.6 is 0 Å². The summed E-state index contributed by atoms with van der Waals surface area (Å²) in [5.74, 6) is -0.404. The molecular formula is C18H28N4O4S. The minimum Gasteiger partial charge on any atom is -0.336 e. The Labute approximate surface area is 161 Å². The number of urea groups is 1. The predicted molar refractivity (Wildman–Crippen MR) is 103 cm³/mol. The lowest BCUT2D eigenvalue weighted by Crippen LogP contribution is -2.52. The third-order valence-corrected chi connectivity index (χ3v) is 6.38. The number of amides is 3. The molecule has 1 aromatic rings. The highest BCUT2D eigenvalue weighted by Crippen LogP contribution is 2.22. The zero-order chi connectivity index (χ0) is 20.2. The summed E-state index contributed by atoms with van der Waals surface area (Å²) in [4.78, 5) is 25.6. The quantitative estimate of drug-likeness (QED) is 0.769. The molecule has 1 fully saturated rings. The molecule has 9 heteroatoms. The lowest BCUT2D eigenvalue weighted by molar-refractivity contribution is -0.121. The van der Waals surface area contributed by atoms with Crippen LogP contribution in [0.1, 0.15) is 25.0 Å². The van der Waals surface area contributed by atoms with E-state index in [0.29, 0.717) is 31.1 Å². The van der Waals surface area contributed by atoms with Crippen molar-refractivity contribution in [3.05, 3.63) is 29.3 Å². The van der Waals surface area contributed by atoms with Gasteiger partial charge in [-0.25, -0.2) is 13.2 Å². The maximum atomic E-state index is 12.9. The number of hydrogen-bond donors (Lipinski definition) is 2. The van der Waals surface area contributed by atoms with Gasteiger partial charge < -0.3 is 5.32 Å². The van der Waals surface area contributed by atoms with E-state index in [1.807, 2.05) is 17.9 Å². The highest BCUT2D eigenvalue weighted by Gasteiger charge is 2.30. The molecule has 150 valence electrons. The van der Waals surface area contributed by atoms with Crippen molar-refractivity contribution in [3.8, 4) is 0 Å². The molecule has 0 spiro atoms. The molecule has 0 radical (unpaired) electrons. The van der Waals surface area contributed by atoms with Gasteiger partial charge in [0.05, 0.1) is 11.4 Å². The van der Waals surface area contributed by atoms with Gasteiger partial charge >= 0.3 is 6.03 Å². The van der Waals surface area contributed by atoms with Gasteiger partial charge in [0.25, 0.3) is 0 Å². The second kappa shape index (κ2) is 8.81. The number of carbonyl (C=O) groups excluding carboxylic acids is 2. The van der Waals surface area contributed by atoms with Crippen molar-refractivity contribution in [1.82, 2.24) is 19.8 Å². The molecule has 2 rings (SSSR count). The summed E-state index contributed by atoms with van der Waals surface area (Å²) in [5, 5.41) is 4.86. The number of carbonyl (C=O) groups is 2. The summed E-state index contributed by atoms with van der Waals surface area (Å²) in [5.41, 5.74) is 1.75. The van der Waals surface area contributed by atoms with E-state index >= 15 is 0 Å². The first-order valence-electron chi connectivity index (χ1n) is 8.99. The van der Waals surface area contributed by atoms with Gasteiger partial charge in [0.1, 0.15) is 0 Å². The van der Waals surface area contributed by atoms with E-state index in [-0.39, 0.29) is 12.6 Å². The van der Waals surface area contributed by atoms with Crippen LogP contribution in [0.15, 0.2) is 23.1 Å². The second-order valence-electron chi connectivity index (χ2n) is 7.13. The SMILES string of the molecule is Cc1ccc(S(=O)(=O)N2CCN(CC(=O)NC(=O)NC(C)C)CC2)c(C)c1. The van der Waals surface area contributed by atoms with Crippen molar-refractivity contribution in [3.63, 3.8) is 0 Å². The third kappa shape index (κ3) is 5.75. The van der Waals surface area contributed by atoms with Gasteiger partial charge in [-0.05, 0) is 39.3 Å². The predicted octanol–water partition coefficient (Wildman–Crippen LogP) is 0.844. The van der Waals surface area contributed by atoms with Crippen LogP contribution in [-0.4, -0.2) is 68.3 Å². The Morgan fingerprint density at radius 2 is 1.74 bits per heavy atom. The molecule has 1 aliphatic rings.